The van der Waals surface area contributed by atoms with E-state index in [0.29, 0.717) is 65.4 Å². The Hall–Kier alpha value is -5.51. The Bertz CT molecular complexity index is 2440. The van der Waals surface area contributed by atoms with Crippen molar-refractivity contribution in [3.05, 3.63) is 123 Å². The van der Waals surface area contributed by atoms with Crippen molar-refractivity contribution in [1.82, 2.24) is 9.99 Å². The summed E-state index contributed by atoms with van der Waals surface area (Å²) in [4.78, 5) is 66.1. The van der Waals surface area contributed by atoms with Gasteiger partial charge in [-0.15, -0.1) is 0 Å². The van der Waals surface area contributed by atoms with Crippen LogP contribution in [-0.2, 0) is 35.5 Å². The van der Waals surface area contributed by atoms with Crippen molar-refractivity contribution in [3.63, 3.8) is 0 Å². The number of phenols is 1. The Morgan fingerprint density at radius 3 is 2.22 bits per heavy atom. The van der Waals surface area contributed by atoms with Gasteiger partial charge in [0.15, 0.2) is 17.4 Å². The first kappa shape index (κ1) is 39.0. The highest BCUT2D eigenvalue weighted by molar-refractivity contribution is 6.33. The number of anilines is 3. The molecule has 2 N–H and O–H groups in total. The van der Waals surface area contributed by atoms with Gasteiger partial charge in [-0.25, -0.2) is 9.37 Å². The molecule has 304 valence electrons. The zero-order chi connectivity index (χ0) is 41.5. The second kappa shape index (κ2) is 14.3. The monoisotopic (exact) mass is 849 g/mol. The van der Waals surface area contributed by atoms with E-state index in [-0.39, 0.29) is 18.4 Å². The molecule has 1 saturated carbocycles. The first-order chi connectivity index (χ1) is 28.2. The molecule has 3 aromatic carbocycles. The predicted molar refractivity (Wildman–Crippen MR) is 207 cm³/mol. The van der Waals surface area contributed by atoms with E-state index in [4.69, 9.17) is 27.9 Å². The van der Waals surface area contributed by atoms with Gasteiger partial charge in [0.2, 0.25) is 11.8 Å². The number of pyridine rings is 1. The Morgan fingerprint density at radius 2 is 1.56 bits per heavy atom. The standard InChI is InChI=1S/C42H33Cl2F4N5O6/c43-24-4-2-22(3-5-24)41-30(38(56)53(40(41)58)50-36-31(44)18-23(20-49-36)42(46,47)48)19-29-27(35(41)21-1-12-33(54)32(45)17-21)10-11-28-34(29)39(57)52(37(28)55)26-8-6-25(7-9-26)51-13-15-59-16-14-51/h1-10,12,17-18,20,28-30,34-35,54H,11,13-16,19H2,(H,49,50). The van der Waals surface area contributed by atoms with Crippen LogP contribution in [0.3, 0.4) is 0 Å². The number of alkyl halides is 3. The van der Waals surface area contributed by atoms with Crippen LogP contribution in [0.5, 0.6) is 5.75 Å². The molecule has 1 aromatic heterocycles. The fraction of sp³-hybridized carbons (Fsp3) is 0.310. The van der Waals surface area contributed by atoms with Crippen molar-refractivity contribution in [1.29, 1.82) is 0 Å². The molecule has 0 radical (unpaired) electrons. The molecule has 59 heavy (non-hydrogen) atoms. The SMILES string of the molecule is O=C1C2CC3C(=CCC4C(=O)N(c5ccc(N6CCOCC6)cc5)C(=O)C43)C(c3ccc(O)c(F)c3)C2(c2ccc(Cl)cc2)C(=O)N1Nc1ncc(C(F)(F)F)cc1Cl. The van der Waals surface area contributed by atoms with Gasteiger partial charge >= 0.3 is 6.18 Å². The maximum atomic E-state index is 15.4. The summed E-state index contributed by atoms with van der Waals surface area (Å²) in [5, 5.41) is 10.7. The third kappa shape index (κ3) is 6.15. The fourth-order valence-corrected chi connectivity index (χ4v) is 10.1. The van der Waals surface area contributed by atoms with E-state index in [9.17, 15) is 32.7 Å². The normalized spacial score (nSPS) is 26.8. The topological polar surface area (TPSA) is 132 Å². The number of amides is 4. The molecule has 4 amide bonds. The van der Waals surface area contributed by atoms with E-state index < -0.39 is 92.8 Å². The molecular weight excluding hydrogens is 817 g/mol. The largest absolute Gasteiger partial charge is 0.505 e. The summed E-state index contributed by atoms with van der Waals surface area (Å²) in [6, 6.07) is 17.5. The zero-order valence-electron chi connectivity index (χ0n) is 30.8. The predicted octanol–water partition coefficient (Wildman–Crippen LogP) is 7.28. The number of rotatable bonds is 6. The number of ether oxygens (including phenoxy) is 1. The second-order valence-electron chi connectivity index (χ2n) is 15.3. The first-order valence-electron chi connectivity index (χ1n) is 18.8. The van der Waals surface area contributed by atoms with Crippen LogP contribution in [-0.4, -0.2) is 65.0 Å². The lowest BCUT2D eigenvalue weighted by molar-refractivity contribution is -0.139. The van der Waals surface area contributed by atoms with Gasteiger partial charge in [0, 0.05) is 35.9 Å². The van der Waals surface area contributed by atoms with Crippen molar-refractivity contribution in [2.24, 2.45) is 23.7 Å². The third-order valence-corrected chi connectivity index (χ3v) is 12.9. The molecule has 4 heterocycles. The van der Waals surface area contributed by atoms with Crippen LogP contribution in [0, 0.1) is 29.5 Å². The number of morpholine rings is 1. The Morgan fingerprint density at radius 1 is 0.864 bits per heavy atom. The molecule has 4 aromatic rings. The van der Waals surface area contributed by atoms with E-state index in [2.05, 4.69) is 15.3 Å². The van der Waals surface area contributed by atoms with Crippen LogP contribution in [0.15, 0.2) is 90.6 Å². The van der Waals surface area contributed by atoms with Crippen LogP contribution in [0.4, 0.5) is 34.8 Å². The number of imide groups is 2. The summed E-state index contributed by atoms with van der Waals surface area (Å²) in [5.41, 5.74) is 1.83. The van der Waals surface area contributed by atoms with Crippen molar-refractivity contribution < 1.29 is 46.6 Å². The summed E-state index contributed by atoms with van der Waals surface area (Å²) in [7, 11) is 0. The van der Waals surface area contributed by atoms with Gasteiger partial charge in [-0.05, 0) is 84.5 Å². The molecule has 4 fully saturated rings. The van der Waals surface area contributed by atoms with E-state index in [1.165, 1.54) is 23.1 Å². The van der Waals surface area contributed by atoms with E-state index in [0.717, 1.165) is 17.8 Å². The average molecular weight is 851 g/mol. The lowest BCUT2D eigenvalue weighted by Gasteiger charge is -2.50. The van der Waals surface area contributed by atoms with Gasteiger partial charge < -0.3 is 14.7 Å². The minimum absolute atomic E-state index is 0.0943. The fourth-order valence-electron chi connectivity index (χ4n) is 9.75. The number of hydrogen-bond donors (Lipinski definition) is 2. The number of phenolic OH excluding ortho intramolecular Hbond substituents is 1. The number of carbonyl (C=O) groups is 4. The minimum atomic E-state index is -4.78. The quantitative estimate of drug-likeness (QED) is 0.117. The van der Waals surface area contributed by atoms with Gasteiger partial charge in [0.1, 0.15) is 0 Å². The van der Waals surface area contributed by atoms with Crippen molar-refractivity contribution in [3.8, 4) is 5.75 Å². The van der Waals surface area contributed by atoms with E-state index in [1.54, 1.807) is 30.3 Å². The number of nitrogens with one attached hydrogen (secondary N) is 1. The number of fused-ring (bicyclic) bond motifs is 4. The number of allylic oxidation sites excluding steroid dienone is 2. The van der Waals surface area contributed by atoms with E-state index in [1.807, 2.05) is 12.1 Å². The molecule has 0 spiro atoms. The molecule has 11 nitrogen and oxygen atoms in total. The maximum absolute atomic E-state index is 15.4. The Labute approximate surface area is 344 Å². The molecule has 6 atom stereocenters. The van der Waals surface area contributed by atoms with Crippen LogP contribution in [0.2, 0.25) is 10.0 Å². The number of hydrazine groups is 1. The summed E-state index contributed by atoms with van der Waals surface area (Å²) < 4.78 is 61.4. The number of nitrogens with zero attached hydrogens (tertiary/aromatic N) is 4. The molecule has 0 bridgehead atoms. The number of aromatic nitrogens is 1. The molecule has 2 aliphatic carbocycles. The lowest BCUT2D eigenvalue weighted by atomic mass is 9.49. The smallest absolute Gasteiger partial charge is 0.417 e. The molecule has 5 aliphatic rings. The van der Waals surface area contributed by atoms with Gasteiger partial charge in [-0.1, -0.05) is 53.1 Å². The minimum Gasteiger partial charge on any atom is -0.505 e. The molecular formula is C42H33Cl2F4N5O6. The Balaban J connectivity index is 1.16. The summed E-state index contributed by atoms with van der Waals surface area (Å²) in [6.45, 7) is 2.53. The van der Waals surface area contributed by atoms with E-state index >= 15 is 9.18 Å². The molecule has 3 aliphatic heterocycles. The van der Waals surface area contributed by atoms with Crippen LogP contribution < -0.4 is 15.2 Å². The number of hydrogen-bond acceptors (Lipinski definition) is 9. The molecule has 9 rings (SSSR count). The molecule has 6 unspecified atom stereocenters. The zero-order valence-corrected chi connectivity index (χ0v) is 32.3. The average Bonchev–Trinajstić information content (AvgIpc) is 3.60. The number of aromatic hydroxyl groups is 1. The van der Waals surface area contributed by atoms with Gasteiger partial charge in [0.25, 0.3) is 11.8 Å². The summed E-state index contributed by atoms with van der Waals surface area (Å²) in [5.74, 6) is -9.71. The maximum Gasteiger partial charge on any atom is 0.417 e. The highest BCUT2D eigenvalue weighted by Gasteiger charge is 2.70. The number of benzene rings is 3. The van der Waals surface area contributed by atoms with Crippen LogP contribution in [0.1, 0.15) is 35.4 Å². The summed E-state index contributed by atoms with van der Waals surface area (Å²) in [6.07, 6.45) is -2.51. The number of carbonyl (C=O) groups excluding carboxylic acids is 4. The van der Waals surface area contributed by atoms with Crippen molar-refractivity contribution in [2.75, 3.05) is 41.5 Å². The molecule has 3 saturated heterocycles. The van der Waals surface area contributed by atoms with Crippen LogP contribution >= 0.6 is 23.2 Å². The van der Waals surface area contributed by atoms with Gasteiger partial charge in [0.05, 0.1) is 52.7 Å². The Kier molecular flexibility index (Phi) is 9.48. The third-order valence-electron chi connectivity index (χ3n) is 12.3. The van der Waals surface area contributed by atoms with Gasteiger partial charge in [-0.3, -0.25) is 29.5 Å². The highest BCUT2D eigenvalue weighted by atomic mass is 35.5. The highest BCUT2D eigenvalue weighted by Crippen LogP contribution is 2.64. The van der Waals surface area contributed by atoms with Crippen LogP contribution in [0.25, 0.3) is 0 Å². The lowest BCUT2D eigenvalue weighted by Crippen LogP contribution is -2.53. The second-order valence-corrected chi connectivity index (χ2v) is 16.1. The summed E-state index contributed by atoms with van der Waals surface area (Å²) >= 11 is 12.6. The molecule has 17 heteroatoms. The van der Waals surface area contributed by atoms with Crippen molar-refractivity contribution >= 4 is 64.0 Å². The van der Waals surface area contributed by atoms with Gasteiger partial charge in [-0.2, -0.15) is 18.2 Å². The van der Waals surface area contributed by atoms with Crippen molar-refractivity contribution in [2.45, 2.75) is 30.4 Å². The number of halogens is 6. The first-order valence-corrected chi connectivity index (χ1v) is 19.6.